The van der Waals surface area contributed by atoms with E-state index in [-0.39, 0.29) is 29.9 Å². The third-order valence-corrected chi connectivity index (χ3v) is 4.76. The van der Waals surface area contributed by atoms with Gasteiger partial charge in [0.25, 0.3) is 5.91 Å². The highest BCUT2D eigenvalue weighted by molar-refractivity contribution is 6.31. The maximum atomic E-state index is 13.2. The predicted molar refractivity (Wildman–Crippen MR) is 114 cm³/mol. The molecule has 4 rings (SSSR count). The van der Waals surface area contributed by atoms with Crippen molar-refractivity contribution in [2.24, 2.45) is 0 Å². The molecule has 1 N–H and O–H groups in total. The van der Waals surface area contributed by atoms with Gasteiger partial charge >= 0.3 is 0 Å². The van der Waals surface area contributed by atoms with Crippen LogP contribution in [-0.2, 0) is 13.3 Å². The maximum absolute atomic E-state index is 13.2. The van der Waals surface area contributed by atoms with Crippen LogP contribution in [0.2, 0.25) is 5.02 Å². The van der Waals surface area contributed by atoms with Crippen molar-refractivity contribution < 1.29 is 18.7 Å². The second-order valence-corrected chi connectivity index (χ2v) is 7.05. The number of halogens is 2. The first kappa shape index (κ1) is 21.3. The number of nitrogens with zero attached hydrogens (tertiary/aromatic N) is 5. The van der Waals surface area contributed by atoms with Crippen molar-refractivity contribution in [1.29, 1.82) is 0 Å². The van der Waals surface area contributed by atoms with E-state index in [9.17, 15) is 9.18 Å². The van der Waals surface area contributed by atoms with Gasteiger partial charge in [0.2, 0.25) is 5.95 Å². The summed E-state index contributed by atoms with van der Waals surface area (Å²) in [6, 6.07) is 12.8. The van der Waals surface area contributed by atoms with E-state index >= 15 is 0 Å². The normalized spacial score (nSPS) is 10.7. The van der Waals surface area contributed by atoms with Crippen LogP contribution in [0.4, 0.5) is 10.3 Å². The van der Waals surface area contributed by atoms with E-state index in [1.807, 2.05) is 0 Å². The molecule has 0 saturated carbocycles. The fourth-order valence-corrected chi connectivity index (χ4v) is 3.01. The number of ether oxygens (including phenoxy) is 2. The molecule has 0 aliphatic rings. The lowest BCUT2D eigenvalue weighted by atomic mass is 10.2. The van der Waals surface area contributed by atoms with Crippen LogP contribution in [0.5, 0.6) is 11.5 Å². The van der Waals surface area contributed by atoms with Crippen LogP contribution in [0, 0.1) is 5.82 Å². The average Bonchev–Trinajstić information content (AvgIpc) is 3.44. The summed E-state index contributed by atoms with van der Waals surface area (Å²) in [5, 5.41) is 11.2. The second-order valence-electron chi connectivity index (χ2n) is 6.65. The summed E-state index contributed by atoms with van der Waals surface area (Å²) in [7, 11) is 1.59. The van der Waals surface area contributed by atoms with Gasteiger partial charge in [0.1, 0.15) is 23.6 Å². The number of nitrogens with one attached hydrogen (secondary N) is 1. The monoisotopic (exact) mass is 456 g/mol. The number of anilines is 1. The zero-order chi connectivity index (χ0) is 22.5. The van der Waals surface area contributed by atoms with Crippen LogP contribution >= 0.6 is 11.6 Å². The van der Waals surface area contributed by atoms with Gasteiger partial charge in [0, 0.05) is 11.2 Å². The average molecular weight is 457 g/mol. The molecule has 4 aromatic rings. The van der Waals surface area contributed by atoms with Gasteiger partial charge in [-0.05, 0) is 48.0 Å². The molecule has 0 atom stereocenters. The number of hydrogen-bond donors (Lipinski definition) is 1. The number of carbonyl (C=O) groups is 1. The highest BCUT2D eigenvalue weighted by atomic mass is 35.5. The van der Waals surface area contributed by atoms with Crippen LogP contribution < -0.4 is 14.8 Å². The molecule has 164 valence electrons. The van der Waals surface area contributed by atoms with Crippen LogP contribution in [0.1, 0.15) is 16.1 Å². The molecule has 2 heterocycles. The quantitative estimate of drug-likeness (QED) is 0.435. The Hall–Kier alpha value is -3.92. The Bertz CT molecular complexity index is 1220. The SMILES string of the molecule is COc1ccc(OCn2ccc(C(=O)Nc3ncn(Cc4ccc(F)cc4Cl)n3)n2)cc1. The molecule has 2 aromatic heterocycles. The molecule has 9 nitrogen and oxygen atoms in total. The molecular formula is C21H18ClFN6O3. The van der Waals surface area contributed by atoms with Crippen molar-refractivity contribution in [3.8, 4) is 11.5 Å². The number of carbonyl (C=O) groups excluding carboxylic acids is 1. The molecule has 2 aromatic carbocycles. The summed E-state index contributed by atoms with van der Waals surface area (Å²) >= 11 is 6.03. The molecular weight excluding hydrogens is 439 g/mol. The topological polar surface area (TPSA) is 96.1 Å². The lowest BCUT2D eigenvalue weighted by Crippen LogP contribution is -2.15. The minimum atomic E-state index is -0.467. The van der Waals surface area contributed by atoms with Crippen molar-refractivity contribution in [1.82, 2.24) is 24.5 Å². The van der Waals surface area contributed by atoms with Gasteiger partial charge in [-0.2, -0.15) is 5.10 Å². The zero-order valence-corrected chi connectivity index (χ0v) is 17.7. The molecule has 0 aliphatic carbocycles. The molecule has 1 amide bonds. The van der Waals surface area contributed by atoms with E-state index < -0.39 is 11.7 Å². The van der Waals surface area contributed by atoms with E-state index in [1.54, 1.807) is 49.7 Å². The highest BCUT2D eigenvalue weighted by Gasteiger charge is 2.13. The van der Waals surface area contributed by atoms with Gasteiger partial charge in [-0.3, -0.25) is 10.1 Å². The molecule has 0 saturated heterocycles. The minimum Gasteiger partial charge on any atom is -0.497 e. The highest BCUT2D eigenvalue weighted by Crippen LogP contribution is 2.19. The Labute approximate surface area is 187 Å². The lowest BCUT2D eigenvalue weighted by Gasteiger charge is -2.07. The fraction of sp³-hybridized carbons (Fsp3) is 0.143. The van der Waals surface area contributed by atoms with E-state index in [0.717, 1.165) is 5.75 Å². The summed E-state index contributed by atoms with van der Waals surface area (Å²) in [4.78, 5) is 16.5. The van der Waals surface area contributed by atoms with Gasteiger partial charge in [0.15, 0.2) is 12.4 Å². The molecule has 0 bridgehead atoms. The van der Waals surface area contributed by atoms with Crippen LogP contribution in [0.25, 0.3) is 0 Å². The first-order valence-corrected chi connectivity index (χ1v) is 9.83. The van der Waals surface area contributed by atoms with E-state index in [0.29, 0.717) is 11.3 Å². The first-order chi connectivity index (χ1) is 15.5. The van der Waals surface area contributed by atoms with Gasteiger partial charge in [0.05, 0.1) is 13.7 Å². The molecule has 32 heavy (non-hydrogen) atoms. The number of hydrogen-bond acceptors (Lipinski definition) is 6. The number of amides is 1. The van der Waals surface area contributed by atoms with Gasteiger partial charge in [-0.25, -0.2) is 18.7 Å². The molecule has 0 spiro atoms. The zero-order valence-electron chi connectivity index (χ0n) is 16.9. The van der Waals surface area contributed by atoms with Crippen LogP contribution in [0.15, 0.2) is 61.1 Å². The second kappa shape index (κ2) is 9.48. The summed E-state index contributed by atoms with van der Waals surface area (Å²) in [5.74, 6) is 0.595. The lowest BCUT2D eigenvalue weighted by molar-refractivity contribution is 0.101. The third kappa shape index (κ3) is 5.22. The summed E-state index contributed by atoms with van der Waals surface area (Å²) in [6.07, 6.45) is 3.07. The molecule has 11 heteroatoms. The number of benzene rings is 2. The van der Waals surface area contributed by atoms with Gasteiger partial charge < -0.3 is 9.47 Å². The minimum absolute atomic E-state index is 0.109. The molecule has 0 unspecified atom stereocenters. The Morgan fingerprint density at radius 3 is 2.62 bits per heavy atom. The Kier molecular flexibility index (Phi) is 6.31. The van der Waals surface area contributed by atoms with Crippen LogP contribution in [0.3, 0.4) is 0 Å². The van der Waals surface area contributed by atoms with Crippen molar-refractivity contribution >= 4 is 23.5 Å². The Morgan fingerprint density at radius 2 is 1.88 bits per heavy atom. The molecule has 0 radical (unpaired) electrons. The van der Waals surface area contributed by atoms with E-state index in [2.05, 4.69) is 20.5 Å². The summed E-state index contributed by atoms with van der Waals surface area (Å²) < 4.78 is 26.9. The first-order valence-electron chi connectivity index (χ1n) is 9.45. The summed E-state index contributed by atoms with van der Waals surface area (Å²) in [6.45, 7) is 0.407. The fourth-order valence-electron chi connectivity index (χ4n) is 2.79. The smallest absolute Gasteiger partial charge is 0.278 e. The number of aromatic nitrogens is 5. The van der Waals surface area contributed by atoms with Gasteiger partial charge in [-0.1, -0.05) is 17.7 Å². The van der Waals surface area contributed by atoms with E-state index in [4.69, 9.17) is 21.1 Å². The standard InChI is InChI=1S/C21H18ClFN6O3/c1-31-16-4-6-17(7-5-16)32-13-28-9-8-19(26-28)20(30)25-21-24-12-29(27-21)11-14-2-3-15(23)10-18(14)22/h2-10,12H,11,13H2,1H3,(H,25,27,30). The largest absolute Gasteiger partial charge is 0.497 e. The van der Waals surface area contributed by atoms with E-state index in [1.165, 1.54) is 27.8 Å². The van der Waals surface area contributed by atoms with Crippen LogP contribution in [-0.4, -0.2) is 37.6 Å². The van der Waals surface area contributed by atoms with Crippen molar-refractivity contribution in [2.45, 2.75) is 13.3 Å². The number of rotatable bonds is 8. The van der Waals surface area contributed by atoms with Crippen molar-refractivity contribution in [3.63, 3.8) is 0 Å². The summed E-state index contributed by atoms with van der Waals surface area (Å²) in [5.41, 5.74) is 0.854. The predicted octanol–water partition coefficient (Wildman–Crippen LogP) is 3.61. The Balaban J connectivity index is 1.33. The van der Waals surface area contributed by atoms with Crippen molar-refractivity contribution in [3.05, 3.63) is 83.2 Å². The third-order valence-electron chi connectivity index (χ3n) is 4.41. The molecule has 0 fully saturated rings. The number of methoxy groups -OCH3 is 1. The van der Waals surface area contributed by atoms with Gasteiger partial charge in [-0.15, -0.1) is 5.10 Å². The van der Waals surface area contributed by atoms with Crippen molar-refractivity contribution in [2.75, 3.05) is 12.4 Å². The molecule has 0 aliphatic heterocycles. The Morgan fingerprint density at radius 1 is 1.09 bits per heavy atom. The maximum Gasteiger partial charge on any atom is 0.278 e.